The number of imidazole rings is 1. The van der Waals surface area contributed by atoms with Crippen molar-refractivity contribution in [1.82, 2.24) is 14.7 Å². The minimum Gasteiger partial charge on any atom is -0.352 e. The van der Waals surface area contributed by atoms with Gasteiger partial charge in [0.2, 0.25) is 0 Å². The maximum absolute atomic E-state index is 4.90. The summed E-state index contributed by atoms with van der Waals surface area (Å²) in [6.45, 7) is 4.31. The monoisotopic (exact) mass is 272 g/mol. The van der Waals surface area contributed by atoms with E-state index in [1.165, 1.54) is 37.2 Å². The zero-order valence-electron chi connectivity index (χ0n) is 12.5. The van der Waals surface area contributed by atoms with Crippen molar-refractivity contribution in [2.45, 2.75) is 45.2 Å². The van der Waals surface area contributed by atoms with Crippen LogP contribution in [0.1, 0.15) is 38.3 Å². The molecule has 1 N–H and O–H groups in total. The largest absolute Gasteiger partial charge is 0.352 e. The molecule has 0 bridgehead atoms. The molecule has 1 unspecified atom stereocenters. The molecular formula is C16H24N4. The highest BCUT2D eigenvalue weighted by molar-refractivity contribution is 5.56. The zero-order chi connectivity index (χ0) is 13.9. The molecule has 1 fully saturated rings. The van der Waals surface area contributed by atoms with Crippen LogP contribution in [-0.4, -0.2) is 29.0 Å². The highest BCUT2D eigenvalue weighted by Gasteiger charge is 2.23. The molecule has 1 aliphatic rings. The van der Waals surface area contributed by atoms with Crippen LogP contribution in [0.2, 0.25) is 0 Å². The molecule has 3 rings (SSSR count). The third-order valence-electron chi connectivity index (χ3n) is 4.28. The Kier molecular flexibility index (Phi) is 3.92. The predicted molar refractivity (Wildman–Crippen MR) is 83.2 cm³/mol. The van der Waals surface area contributed by atoms with Crippen molar-refractivity contribution >= 4 is 11.5 Å². The molecule has 1 atom stereocenters. The topological polar surface area (TPSA) is 32.6 Å². The molecule has 0 aromatic carbocycles. The Bertz CT molecular complexity index is 575. The van der Waals surface area contributed by atoms with Crippen LogP contribution in [0.25, 0.3) is 5.65 Å². The van der Waals surface area contributed by atoms with Crippen molar-refractivity contribution < 1.29 is 0 Å². The van der Waals surface area contributed by atoms with Gasteiger partial charge in [-0.1, -0.05) is 18.9 Å². The fourth-order valence-corrected chi connectivity index (χ4v) is 3.19. The number of anilines is 1. The van der Waals surface area contributed by atoms with E-state index in [0.29, 0.717) is 6.04 Å². The molecule has 0 radical (unpaired) electrons. The summed E-state index contributed by atoms with van der Waals surface area (Å²) in [6, 6.07) is 6.80. The standard InChI is InChI=1S/C16H24N4/c1-13-8-4-3-6-10-19(13)16-14(12-17-2)20-11-7-5-9-15(20)18-16/h5,7,9,11,13,17H,3-4,6,8,10,12H2,1-2H3. The van der Waals surface area contributed by atoms with E-state index < -0.39 is 0 Å². The first-order chi connectivity index (χ1) is 9.81. The predicted octanol–water partition coefficient (Wildman–Crippen LogP) is 2.82. The Morgan fingerprint density at radius 1 is 1.30 bits per heavy atom. The van der Waals surface area contributed by atoms with E-state index in [1.54, 1.807) is 0 Å². The summed E-state index contributed by atoms with van der Waals surface area (Å²) in [6.07, 6.45) is 7.34. The quantitative estimate of drug-likeness (QED) is 0.932. The lowest BCUT2D eigenvalue weighted by atomic mass is 10.1. The maximum atomic E-state index is 4.90. The number of aromatic nitrogens is 2. The lowest BCUT2D eigenvalue weighted by Crippen LogP contribution is -2.33. The first-order valence-corrected chi connectivity index (χ1v) is 7.68. The number of nitrogens with zero attached hydrogens (tertiary/aromatic N) is 3. The number of hydrogen-bond donors (Lipinski definition) is 1. The van der Waals surface area contributed by atoms with Gasteiger partial charge in [-0.05, 0) is 38.9 Å². The van der Waals surface area contributed by atoms with Crippen molar-refractivity contribution in [3.05, 3.63) is 30.1 Å². The molecule has 0 saturated carbocycles. The van der Waals surface area contributed by atoms with Crippen molar-refractivity contribution in [1.29, 1.82) is 0 Å². The molecule has 2 aromatic heterocycles. The average Bonchev–Trinajstić information content (AvgIpc) is 2.67. The minimum absolute atomic E-state index is 0.581. The minimum atomic E-state index is 0.581. The van der Waals surface area contributed by atoms with Gasteiger partial charge in [-0.25, -0.2) is 4.98 Å². The van der Waals surface area contributed by atoms with Gasteiger partial charge in [0, 0.05) is 25.3 Å². The van der Waals surface area contributed by atoms with Crippen molar-refractivity contribution in [2.24, 2.45) is 0 Å². The van der Waals surface area contributed by atoms with Crippen LogP contribution in [0.5, 0.6) is 0 Å². The lowest BCUT2D eigenvalue weighted by molar-refractivity contribution is 0.608. The summed E-state index contributed by atoms with van der Waals surface area (Å²) in [4.78, 5) is 7.40. The van der Waals surface area contributed by atoms with E-state index in [1.807, 2.05) is 7.05 Å². The molecule has 4 heteroatoms. The Balaban J connectivity index is 2.06. The molecule has 1 saturated heterocycles. The van der Waals surface area contributed by atoms with Crippen LogP contribution in [0, 0.1) is 0 Å². The summed E-state index contributed by atoms with van der Waals surface area (Å²) in [7, 11) is 2.00. The van der Waals surface area contributed by atoms with Gasteiger partial charge in [0.1, 0.15) is 5.65 Å². The number of nitrogens with one attached hydrogen (secondary N) is 1. The zero-order valence-corrected chi connectivity index (χ0v) is 12.5. The summed E-state index contributed by atoms with van der Waals surface area (Å²) in [5.41, 5.74) is 2.32. The number of pyridine rings is 1. The highest BCUT2D eigenvalue weighted by Crippen LogP contribution is 2.27. The van der Waals surface area contributed by atoms with Crippen molar-refractivity contribution in [3.8, 4) is 0 Å². The van der Waals surface area contributed by atoms with Gasteiger partial charge in [0.05, 0.1) is 5.69 Å². The fourth-order valence-electron chi connectivity index (χ4n) is 3.19. The molecule has 3 heterocycles. The summed E-state index contributed by atoms with van der Waals surface area (Å²) in [5, 5.41) is 3.28. The third kappa shape index (κ3) is 2.40. The number of rotatable bonds is 3. The first kappa shape index (κ1) is 13.4. The maximum Gasteiger partial charge on any atom is 0.152 e. The smallest absolute Gasteiger partial charge is 0.152 e. The van der Waals surface area contributed by atoms with Gasteiger partial charge in [0.25, 0.3) is 0 Å². The molecule has 2 aromatic rings. The summed E-state index contributed by atoms with van der Waals surface area (Å²) >= 11 is 0. The van der Waals surface area contributed by atoms with Crippen LogP contribution in [0.3, 0.4) is 0 Å². The first-order valence-electron chi connectivity index (χ1n) is 7.68. The lowest BCUT2D eigenvalue weighted by Gasteiger charge is -2.28. The molecule has 0 spiro atoms. The van der Waals surface area contributed by atoms with E-state index in [2.05, 4.69) is 45.9 Å². The Morgan fingerprint density at radius 2 is 2.20 bits per heavy atom. The molecular weight excluding hydrogens is 248 g/mol. The second kappa shape index (κ2) is 5.83. The SMILES string of the molecule is CNCc1c(N2CCCCCC2C)nc2ccccn12. The van der Waals surface area contributed by atoms with Crippen molar-refractivity contribution in [3.63, 3.8) is 0 Å². The van der Waals surface area contributed by atoms with Gasteiger partial charge in [-0.2, -0.15) is 0 Å². The van der Waals surface area contributed by atoms with Crippen LogP contribution in [0.4, 0.5) is 5.82 Å². The van der Waals surface area contributed by atoms with E-state index in [4.69, 9.17) is 4.98 Å². The Hall–Kier alpha value is -1.55. The van der Waals surface area contributed by atoms with Gasteiger partial charge in [0.15, 0.2) is 5.82 Å². The van der Waals surface area contributed by atoms with E-state index in [9.17, 15) is 0 Å². The van der Waals surface area contributed by atoms with E-state index in [0.717, 1.165) is 18.7 Å². The second-order valence-electron chi connectivity index (χ2n) is 5.73. The molecule has 0 amide bonds. The molecule has 1 aliphatic heterocycles. The van der Waals surface area contributed by atoms with Crippen LogP contribution in [0.15, 0.2) is 24.4 Å². The van der Waals surface area contributed by atoms with Gasteiger partial charge >= 0.3 is 0 Å². The summed E-state index contributed by atoms with van der Waals surface area (Å²) < 4.78 is 2.21. The van der Waals surface area contributed by atoms with Crippen molar-refractivity contribution in [2.75, 3.05) is 18.5 Å². The Labute approximate surface area is 120 Å². The molecule has 108 valence electrons. The van der Waals surface area contributed by atoms with Crippen LogP contribution in [-0.2, 0) is 6.54 Å². The second-order valence-corrected chi connectivity index (χ2v) is 5.73. The van der Waals surface area contributed by atoms with Gasteiger partial charge < -0.3 is 14.6 Å². The molecule has 4 nitrogen and oxygen atoms in total. The van der Waals surface area contributed by atoms with Gasteiger partial charge in [-0.15, -0.1) is 0 Å². The fraction of sp³-hybridized carbons (Fsp3) is 0.562. The van der Waals surface area contributed by atoms with Crippen LogP contribution < -0.4 is 10.2 Å². The highest BCUT2D eigenvalue weighted by atomic mass is 15.3. The number of fused-ring (bicyclic) bond motifs is 1. The Morgan fingerprint density at radius 3 is 3.05 bits per heavy atom. The normalized spacial score (nSPS) is 20.3. The van der Waals surface area contributed by atoms with Crippen LogP contribution >= 0.6 is 0 Å². The van der Waals surface area contributed by atoms with Gasteiger partial charge in [-0.3, -0.25) is 0 Å². The molecule has 20 heavy (non-hydrogen) atoms. The summed E-state index contributed by atoms with van der Waals surface area (Å²) in [5.74, 6) is 1.17. The van der Waals surface area contributed by atoms with E-state index >= 15 is 0 Å². The third-order valence-corrected chi connectivity index (χ3v) is 4.28. The van der Waals surface area contributed by atoms with E-state index in [-0.39, 0.29) is 0 Å². The number of hydrogen-bond acceptors (Lipinski definition) is 3. The average molecular weight is 272 g/mol. The molecule has 0 aliphatic carbocycles.